The third kappa shape index (κ3) is 6.57. The largest absolute Gasteiger partial charge is 0.462 e. The minimum atomic E-state index is -0.680. The van der Waals surface area contributed by atoms with E-state index in [2.05, 4.69) is 58.3 Å². The molecule has 8 aliphatic rings. The molecule has 2 heterocycles. The number of nitrogens with zero attached hydrogens (tertiary/aromatic N) is 2. The van der Waals surface area contributed by atoms with E-state index in [4.69, 9.17) is 9.47 Å². The van der Waals surface area contributed by atoms with Crippen molar-refractivity contribution in [2.45, 2.75) is 171 Å². The van der Waals surface area contributed by atoms with Crippen LogP contribution < -0.4 is 0 Å². The van der Waals surface area contributed by atoms with Crippen LogP contribution in [0.4, 0.5) is 0 Å². The molecule has 11 atom stereocenters. The number of ether oxygens (including phenoxy) is 2. The maximum absolute atomic E-state index is 15.3. The summed E-state index contributed by atoms with van der Waals surface area (Å²) in [6.07, 6.45) is 13.3. The van der Waals surface area contributed by atoms with Crippen LogP contribution in [0.3, 0.4) is 0 Å². The Hall–Kier alpha value is -3.00. The van der Waals surface area contributed by atoms with Crippen molar-refractivity contribution in [2.75, 3.05) is 26.2 Å². The monoisotopic (exact) mass is 851 g/mol. The summed E-state index contributed by atoms with van der Waals surface area (Å²) >= 11 is 0. The van der Waals surface area contributed by atoms with Crippen molar-refractivity contribution in [3.8, 4) is 0 Å². The van der Waals surface area contributed by atoms with Crippen LogP contribution in [-0.4, -0.2) is 71.8 Å². The summed E-state index contributed by atoms with van der Waals surface area (Å²) in [6.45, 7) is 25.2. The number of rotatable bonds is 9. The number of hydrogen-bond donors (Lipinski definition) is 0. The molecule has 0 N–H and O–H groups in total. The molecule has 1 aromatic rings. The van der Waals surface area contributed by atoms with Crippen LogP contribution in [0.25, 0.3) is 0 Å². The molecule has 9 rings (SSSR count). The molecule has 0 radical (unpaired) electrons. The average Bonchev–Trinajstić information content (AvgIpc) is 3.98. The number of allylic oxidation sites excluding steroid dienone is 1. The fourth-order valence-corrected chi connectivity index (χ4v) is 16.7. The van der Waals surface area contributed by atoms with Gasteiger partial charge in [0.2, 0.25) is 5.91 Å². The SMILES string of the molecule is CC(C)C1=C2[C@H]3CC[C@@H]4[C@@]5(C)CC[C@H](OC(=O)[C@H]6C[C@@H](C(=O)OCc7ccccc7)C6(C)C)C(C)(C)[C@@H]5CC[C@@]4(C)[C@]3(C)CC[C@@]2(C(=O)N2CCC[C@H]2CN2CCCC2)CC1=O. The Morgan fingerprint density at radius 3 is 2.15 bits per heavy atom. The van der Waals surface area contributed by atoms with E-state index >= 15 is 4.79 Å². The predicted octanol–water partition coefficient (Wildman–Crippen LogP) is 10.4. The van der Waals surface area contributed by atoms with Crippen LogP contribution in [0.1, 0.15) is 158 Å². The lowest BCUT2D eigenvalue weighted by Gasteiger charge is -2.72. The summed E-state index contributed by atoms with van der Waals surface area (Å²) in [7, 11) is 0. The fourth-order valence-electron chi connectivity index (χ4n) is 16.7. The van der Waals surface area contributed by atoms with Gasteiger partial charge in [-0.2, -0.15) is 0 Å². The maximum atomic E-state index is 15.3. The molecule has 5 saturated carbocycles. The first kappa shape index (κ1) is 44.2. The molecule has 8 heteroatoms. The van der Waals surface area contributed by atoms with E-state index < -0.39 is 10.8 Å². The van der Waals surface area contributed by atoms with Crippen LogP contribution in [0.2, 0.25) is 0 Å². The molecule has 62 heavy (non-hydrogen) atoms. The minimum Gasteiger partial charge on any atom is -0.462 e. The average molecular weight is 851 g/mol. The second kappa shape index (κ2) is 15.6. The molecule has 1 amide bonds. The second-order valence-corrected chi connectivity index (χ2v) is 24.1. The van der Waals surface area contributed by atoms with Crippen molar-refractivity contribution in [3.05, 3.63) is 47.0 Å². The lowest BCUT2D eigenvalue weighted by Crippen LogP contribution is -2.66. The van der Waals surface area contributed by atoms with Crippen molar-refractivity contribution >= 4 is 23.6 Å². The highest BCUT2D eigenvalue weighted by molar-refractivity contribution is 6.07. The Morgan fingerprint density at radius 2 is 1.45 bits per heavy atom. The van der Waals surface area contributed by atoms with Crippen molar-refractivity contribution in [2.24, 2.45) is 68.0 Å². The number of likely N-dealkylation sites (tertiary alicyclic amines) is 2. The quantitative estimate of drug-likeness (QED) is 0.229. The van der Waals surface area contributed by atoms with Gasteiger partial charge in [0.1, 0.15) is 12.7 Å². The Morgan fingerprint density at radius 1 is 0.742 bits per heavy atom. The molecular formula is C54H78N2O6. The number of carbonyl (C=O) groups is 4. The highest BCUT2D eigenvalue weighted by Crippen LogP contribution is 2.77. The Balaban J connectivity index is 0.917. The highest BCUT2D eigenvalue weighted by Gasteiger charge is 2.71. The second-order valence-electron chi connectivity index (χ2n) is 24.1. The first-order chi connectivity index (χ1) is 29.3. The third-order valence-corrected chi connectivity index (χ3v) is 20.4. The first-order valence-electron chi connectivity index (χ1n) is 25.0. The first-order valence-corrected chi connectivity index (χ1v) is 25.0. The van der Waals surface area contributed by atoms with E-state index in [1.165, 1.54) is 18.4 Å². The number of Topliss-reactive ketones (excluding diaryl/α,β-unsaturated/α-hetero) is 1. The van der Waals surface area contributed by atoms with E-state index in [0.717, 1.165) is 102 Å². The normalized spacial score (nSPS) is 40.9. The number of benzene rings is 1. The van der Waals surface area contributed by atoms with E-state index in [1.807, 2.05) is 44.2 Å². The molecule has 2 saturated heterocycles. The molecule has 6 aliphatic carbocycles. The molecule has 8 nitrogen and oxygen atoms in total. The zero-order chi connectivity index (χ0) is 44.2. The van der Waals surface area contributed by atoms with Gasteiger partial charge >= 0.3 is 11.9 Å². The van der Waals surface area contributed by atoms with Crippen LogP contribution >= 0.6 is 0 Å². The number of ketones is 1. The van der Waals surface area contributed by atoms with Gasteiger partial charge in [0, 0.05) is 31.0 Å². The van der Waals surface area contributed by atoms with Gasteiger partial charge < -0.3 is 19.3 Å². The van der Waals surface area contributed by atoms with Crippen LogP contribution in [0.5, 0.6) is 0 Å². The Kier molecular flexibility index (Phi) is 11.1. The summed E-state index contributed by atoms with van der Waals surface area (Å²) < 4.78 is 12.3. The minimum absolute atomic E-state index is 0.0181. The number of amides is 1. The van der Waals surface area contributed by atoms with Gasteiger partial charge in [-0.25, -0.2) is 0 Å². The van der Waals surface area contributed by atoms with E-state index in [0.29, 0.717) is 24.7 Å². The van der Waals surface area contributed by atoms with Crippen LogP contribution in [0, 0.1) is 68.0 Å². The molecule has 7 fully saturated rings. The molecule has 0 aromatic heterocycles. The standard InChI is InChI=1S/C54H78N2O6/c1-34(2)44-40(57)31-54(48(60)56-29-15-18-36(56)32-55-27-13-14-28-55)26-25-52(8)37(45(44)54)19-20-42-51(7)23-22-43(50(5,6)41(51)21-24-53(42,52)9)62-47(59)39-30-38(49(39,3)4)46(58)61-33-35-16-11-10-12-17-35/h10-12,16-17,34,36-39,41-43H,13-15,18-33H2,1-9H3/t36-,37+,38-,39+,41-,42+,43-,51-,52+,53+,54+/m0/s1. The van der Waals surface area contributed by atoms with Crippen LogP contribution in [-0.2, 0) is 35.3 Å². The number of carbonyl (C=O) groups excluding carboxylic acids is 4. The van der Waals surface area contributed by atoms with Crippen molar-refractivity contribution < 1.29 is 28.7 Å². The van der Waals surface area contributed by atoms with E-state index in [-0.39, 0.29) is 87.7 Å². The Bertz CT molecular complexity index is 1980. The van der Waals surface area contributed by atoms with Gasteiger partial charge in [-0.3, -0.25) is 19.2 Å². The van der Waals surface area contributed by atoms with Gasteiger partial charge in [-0.15, -0.1) is 0 Å². The molecule has 2 aliphatic heterocycles. The zero-order valence-electron chi connectivity index (χ0n) is 39.8. The highest BCUT2D eigenvalue weighted by atomic mass is 16.5. The van der Waals surface area contributed by atoms with Gasteiger partial charge in [-0.05, 0) is 159 Å². The molecule has 340 valence electrons. The van der Waals surface area contributed by atoms with Crippen molar-refractivity contribution in [1.29, 1.82) is 0 Å². The van der Waals surface area contributed by atoms with Gasteiger partial charge in [0.05, 0.1) is 17.3 Å². The summed E-state index contributed by atoms with van der Waals surface area (Å²) in [5.41, 5.74) is 1.94. The number of hydrogen-bond acceptors (Lipinski definition) is 7. The third-order valence-electron chi connectivity index (χ3n) is 20.4. The van der Waals surface area contributed by atoms with Gasteiger partial charge in [0.25, 0.3) is 0 Å². The molecule has 0 bridgehead atoms. The van der Waals surface area contributed by atoms with Crippen molar-refractivity contribution in [1.82, 2.24) is 9.80 Å². The Labute approximate surface area is 373 Å². The van der Waals surface area contributed by atoms with Gasteiger partial charge in [-0.1, -0.05) is 92.6 Å². The van der Waals surface area contributed by atoms with Crippen LogP contribution in [0.15, 0.2) is 41.5 Å². The lowest BCUT2D eigenvalue weighted by molar-refractivity contribution is -0.236. The molecule has 1 aromatic carbocycles. The summed E-state index contributed by atoms with van der Waals surface area (Å²) in [5.74, 6) is 0.728. The summed E-state index contributed by atoms with van der Waals surface area (Å²) in [6, 6.07) is 10.0. The number of esters is 2. The lowest BCUT2D eigenvalue weighted by atomic mass is 9.33. The molecule has 0 spiro atoms. The zero-order valence-corrected chi connectivity index (χ0v) is 39.8. The van der Waals surface area contributed by atoms with Crippen molar-refractivity contribution in [3.63, 3.8) is 0 Å². The molecule has 0 unspecified atom stereocenters. The van der Waals surface area contributed by atoms with E-state index in [9.17, 15) is 14.4 Å². The summed E-state index contributed by atoms with van der Waals surface area (Å²) in [4.78, 5) is 61.8. The number of fused-ring (bicyclic) bond motifs is 7. The maximum Gasteiger partial charge on any atom is 0.309 e. The van der Waals surface area contributed by atoms with E-state index in [1.54, 1.807) is 0 Å². The topological polar surface area (TPSA) is 93.2 Å². The summed E-state index contributed by atoms with van der Waals surface area (Å²) in [5, 5.41) is 0. The predicted molar refractivity (Wildman–Crippen MR) is 241 cm³/mol. The fraction of sp³-hybridized carbons (Fsp3) is 0.778. The van der Waals surface area contributed by atoms with Gasteiger partial charge in [0.15, 0.2) is 5.78 Å². The smallest absolute Gasteiger partial charge is 0.309 e. The molecular weight excluding hydrogens is 773 g/mol.